The second kappa shape index (κ2) is 11.5. The molecule has 33 heavy (non-hydrogen) atoms. The highest BCUT2D eigenvalue weighted by Crippen LogP contribution is 2.25. The van der Waals surface area contributed by atoms with E-state index >= 15 is 0 Å². The maximum atomic E-state index is 12.8. The van der Waals surface area contributed by atoms with Gasteiger partial charge in [0, 0.05) is 38.6 Å². The molecule has 0 unspecified atom stereocenters. The monoisotopic (exact) mass is 467 g/mol. The first-order valence-electron chi connectivity index (χ1n) is 11.9. The molecular weight excluding hydrogens is 434 g/mol. The maximum Gasteiger partial charge on any atom is 0.230 e. The first-order chi connectivity index (χ1) is 16.1. The van der Waals surface area contributed by atoms with E-state index in [4.69, 9.17) is 0 Å². The number of aryl methyl sites for hydroxylation is 1. The third-order valence-corrected chi connectivity index (χ3v) is 7.34. The van der Waals surface area contributed by atoms with Crippen LogP contribution >= 0.6 is 11.8 Å². The minimum atomic E-state index is -0.0214. The Morgan fingerprint density at radius 3 is 2.36 bits per heavy atom. The van der Waals surface area contributed by atoms with E-state index in [0.29, 0.717) is 18.2 Å². The van der Waals surface area contributed by atoms with Crippen molar-refractivity contribution in [3.05, 3.63) is 47.5 Å². The van der Waals surface area contributed by atoms with E-state index in [9.17, 15) is 9.59 Å². The lowest BCUT2D eigenvalue weighted by Gasteiger charge is -2.35. The fraction of sp³-hybridized carbons (Fsp3) is 0.520. The van der Waals surface area contributed by atoms with E-state index in [1.165, 1.54) is 23.7 Å². The van der Waals surface area contributed by atoms with E-state index < -0.39 is 0 Å². The Hall–Kier alpha value is -2.61. The van der Waals surface area contributed by atoms with Crippen LogP contribution in [0.15, 0.2) is 41.4 Å². The molecule has 2 amide bonds. The summed E-state index contributed by atoms with van der Waals surface area (Å²) < 4.78 is 0. The molecule has 1 aromatic carbocycles. The molecule has 3 heterocycles. The minimum Gasteiger partial charge on any atom is -0.355 e. The Morgan fingerprint density at radius 1 is 0.970 bits per heavy atom. The molecule has 0 bridgehead atoms. The molecule has 1 aromatic heterocycles. The summed E-state index contributed by atoms with van der Waals surface area (Å²) in [6.45, 7) is 6.08. The number of anilines is 1. The summed E-state index contributed by atoms with van der Waals surface area (Å²) in [5.74, 6) is 1.61. The van der Waals surface area contributed by atoms with Crippen molar-refractivity contribution in [2.45, 2.75) is 50.6 Å². The molecule has 7 nitrogen and oxygen atoms in total. The van der Waals surface area contributed by atoms with Crippen molar-refractivity contribution in [3.63, 3.8) is 0 Å². The molecule has 0 atom stereocenters. The van der Waals surface area contributed by atoms with Gasteiger partial charge in [0.15, 0.2) is 5.82 Å². The van der Waals surface area contributed by atoms with Crippen LogP contribution in [0.3, 0.4) is 0 Å². The third kappa shape index (κ3) is 6.69. The second-order valence-electron chi connectivity index (χ2n) is 8.93. The molecule has 4 rings (SSSR count). The smallest absolute Gasteiger partial charge is 0.230 e. The fourth-order valence-corrected chi connectivity index (χ4v) is 5.03. The highest BCUT2D eigenvalue weighted by atomic mass is 32.2. The molecule has 8 heteroatoms. The van der Waals surface area contributed by atoms with Crippen molar-refractivity contribution < 1.29 is 9.59 Å². The van der Waals surface area contributed by atoms with E-state index in [-0.39, 0.29) is 11.8 Å². The Morgan fingerprint density at radius 2 is 1.70 bits per heavy atom. The van der Waals surface area contributed by atoms with Gasteiger partial charge >= 0.3 is 0 Å². The van der Waals surface area contributed by atoms with Gasteiger partial charge in [0.2, 0.25) is 11.8 Å². The molecule has 2 aliphatic rings. The number of aromatic nitrogens is 2. The zero-order valence-corrected chi connectivity index (χ0v) is 20.1. The summed E-state index contributed by atoms with van der Waals surface area (Å²) >= 11 is 1.39. The molecule has 2 fully saturated rings. The number of hydrogen-bond acceptors (Lipinski definition) is 6. The van der Waals surface area contributed by atoms with Crippen LogP contribution in [0.2, 0.25) is 0 Å². The molecule has 176 valence electrons. The van der Waals surface area contributed by atoms with E-state index in [0.717, 1.165) is 68.3 Å². The number of carbonyl (C=O) groups is 2. The highest BCUT2D eigenvalue weighted by Gasteiger charge is 2.29. The van der Waals surface area contributed by atoms with Gasteiger partial charge in [-0.15, -0.1) is 10.2 Å². The molecule has 1 N–H and O–H groups in total. The number of carbonyl (C=O) groups excluding carboxylic acids is 2. The van der Waals surface area contributed by atoms with Crippen LogP contribution in [0.1, 0.15) is 43.2 Å². The van der Waals surface area contributed by atoms with Crippen LogP contribution < -0.4 is 10.2 Å². The lowest BCUT2D eigenvalue weighted by molar-refractivity contribution is -0.137. The van der Waals surface area contributed by atoms with Crippen molar-refractivity contribution in [3.8, 4) is 0 Å². The molecule has 0 radical (unpaired) electrons. The van der Waals surface area contributed by atoms with Crippen molar-refractivity contribution in [1.29, 1.82) is 0 Å². The van der Waals surface area contributed by atoms with E-state index in [2.05, 4.69) is 25.3 Å². The lowest BCUT2D eigenvalue weighted by Crippen LogP contribution is -2.44. The van der Waals surface area contributed by atoms with Gasteiger partial charge in [0.1, 0.15) is 5.03 Å². The fourth-order valence-electron chi connectivity index (χ4n) is 4.38. The van der Waals surface area contributed by atoms with E-state index in [1.807, 2.05) is 43.3 Å². The summed E-state index contributed by atoms with van der Waals surface area (Å²) in [4.78, 5) is 29.2. The normalized spacial score (nSPS) is 17.1. The zero-order chi connectivity index (χ0) is 23.0. The van der Waals surface area contributed by atoms with Crippen LogP contribution in [0, 0.1) is 12.8 Å². The Bertz CT molecular complexity index is 921. The summed E-state index contributed by atoms with van der Waals surface area (Å²) in [7, 11) is 0. The summed E-state index contributed by atoms with van der Waals surface area (Å²) in [5.41, 5.74) is 2.29. The first-order valence-corrected chi connectivity index (χ1v) is 12.9. The predicted octanol–water partition coefficient (Wildman–Crippen LogP) is 3.42. The average molecular weight is 468 g/mol. The van der Waals surface area contributed by atoms with Crippen molar-refractivity contribution >= 4 is 29.4 Å². The Labute approximate surface area is 200 Å². The molecule has 0 saturated carbocycles. The maximum absolute atomic E-state index is 12.8. The van der Waals surface area contributed by atoms with Gasteiger partial charge in [-0.25, -0.2) is 0 Å². The quantitative estimate of drug-likeness (QED) is 0.629. The molecule has 2 saturated heterocycles. The van der Waals surface area contributed by atoms with Crippen molar-refractivity contribution in [2.75, 3.05) is 36.8 Å². The number of likely N-dealkylation sites (tertiary alicyclic amines) is 1. The molecule has 2 aromatic rings. The number of thioether (sulfide) groups is 1. The summed E-state index contributed by atoms with van der Waals surface area (Å²) in [6, 6.07) is 12.0. The van der Waals surface area contributed by atoms with Gasteiger partial charge in [-0.05, 0) is 56.7 Å². The number of hydrogen-bond donors (Lipinski definition) is 1. The lowest BCUT2D eigenvalue weighted by atomic mass is 9.94. The average Bonchev–Trinajstić information content (AvgIpc) is 2.87. The molecule has 0 spiro atoms. The largest absolute Gasteiger partial charge is 0.355 e. The minimum absolute atomic E-state index is 0.0214. The van der Waals surface area contributed by atoms with Crippen molar-refractivity contribution in [2.24, 2.45) is 5.92 Å². The predicted molar refractivity (Wildman–Crippen MR) is 131 cm³/mol. The van der Waals surface area contributed by atoms with Crippen LogP contribution in [0.25, 0.3) is 0 Å². The number of nitrogens with one attached hydrogen (secondary N) is 1. The van der Waals surface area contributed by atoms with Gasteiger partial charge in [0.25, 0.3) is 0 Å². The van der Waals surface area contributed by atoms with Crippen molar-refractivity contribution in [1.82, 2.24) is 20.4 Å². The number of amides is 2. The standard InChI is InChI=1S/C25H33N5O2S/c1-19-5-7-20(8-6-19)17-26-23(31)18-33-24-10-9-22(27-28-24)29-15-11-21(12-16-29)25(32)30-13-3-2-4-14-30/h5-10,21H,2-4,11-18H2,1H3,(H,26,31). The van der Waals surface area contributed by atoms with E-state index in [1.54, 1.807) is 0 Å². The Balaban J connectivity index is 1.19. The number of benzene rings is 1. The molecule has 0 aliphatic carbocycles. The topological polar surface area (TPSA) is 78.4 Å². The number of nitrogens with zero attached hydrogens (tertiary/aromatic N) is 4. The van der Waals surface area contributed by atoms with Gasteiger partial charge in [-0.3, -0.25) is 9.59 Å². The number of piperidine rings is 2. The van der Waals surface area contributed by atoms with Gasteiger partial charge in [0.05, 0.1) is 5.75 Å². The van der Waals surface area contributed by atoms with Crippen LogP contribution in [-0.2, 0) is 16.1 Å². The highest BCUT2D eigenvalue weighted by molar-refractivity contribution is 7.99. The van der Waals surface area contributed by atoms with Gasteiger partial charge < -0.3 is 15.1 Å². The Kier molecular flexibility index (Phi) is 8.20. The molecule has 2 aliphatic heterocycles. The number of rotatable bonds is 7. The third-order valence-electron chi connectivity index (χ3n) is 6.42. The van der Waals surface area contributed by atoms with Gasteiger partial charge in [-0.2, -0.15) is 0 Å². The summed E-state index contributed by atoms with van der Waals surface area (Å²) in [6.07, 6.45) is 5.26. The van der Waals surface area contributed by atoms with Crippen LogP contribution in [0.4, 0.5) is 5.82 Å². The van der Waals surface area contributed by atoms with Crippen LogP contribution in [-0.4, -0.2) is 58.8 Å². The summed E-state index contributed by atoms with van der Waals surface area (Å²) in [5, 5.41) is 12.3. The first kappa shape index (κ1) is 23.5. The van der Waals surface area contributed by atoms with Crippen LogP contribution in [0.5, 0.6) is 0 Å². The van der Waals surface area contributed by atoms with Gasteiger partial charge in [-0.1, -0.05) is 41.6 Å². The SMILES string of the molecule is Cc1ccc(CNC(=O)CSc2ccc(N3CCC(C(=O)N4CCCCC4)CC3)nn2)cc1. The second-order valence-corrected chi connectivity index (χ2v) is 9.92. The molecular formula is C25H33N5O2S. The zero-order valence-electron chi connectivity index (χ0n) is 19.3.